The highest BCUT2D eigenvalue weighted by atomic mass is 35.5. The van der Waals surface area contributed by atoms with Crippen molar-refractivity contribution in [1.82, 2.24) is 10.2 Å². The molecule has 1 atom stereocenters. The lowest BCUT2D eigenvalue weighted by atomic mass is 10.0. The van der Waals surface area contributed by atoms with Gasteiger partial charge in [-0.2, -0.15) is 0 Å². The highest BCUT2D eigenvalue weighted by molar-refractivity contribution is 6.36. The third-order valence-corrected chi connectivity index (χ3v) is 5.77. The van der Waals surface area contributed by atoms with E-state index in [4.69, 9.17) is 23.2 Å². The number of aryl methyl sites for hydroxylation is 1. The van der Waals surface area contributed by atoms with Crippen molar-refractivity contribution in [1.29, 1.82) is 0 Å². The number of nitrogens with one attached hydrogen (secondary N) is 1. The van der Waals surface area contributed by atoms with Crippen LogP contribution in [0, 0.1) is 12.8 Å². The smallest absolute Gasteiger partial charge is 0.242 e. The van der Waals surface area contributed by atoms with E-state index in [1.165, 1.54) is 0 Å². The van der Waals surface area contributed by atoms with Crippen LogP contribution in [-0.2, 0) is 22.6 Å². The Bertz CT molecular complexity index is 863. The summed E-state index contributed by atoms with van der Waals surface area (Å²) < 4.78 is 0. The fourth-order valence-electron chi connectivity index (χ4n) is 3.27. The molecule has 0 radical (unpaired) electrons. The van der Waals surface area contributed by atoms with Gasteiger partial charge in [-0.25, -0.2) is 0 Å². The van der Waals surface area contributed by atoms with Gasteiger partial charge in [0.1, 0.15) is 6.04 Å². The molecule has 0 heterocycles. The Morgan fingerprint density at radius 3 is 2.23 bits per heavy atom. The molecule has 0 fully saturated rings. The molecule has 2 aromatic rings. The summed E-state index contributed by atoms with van der Waals surface area (Å²) in [6, 6.07) is 12.4. The van der Waals surface area contributed by atoms with Crippen molar-refractivity contribution < 1.29 is 9.59 Å². The lowest BCUT2D eigenvalue weighted by Crippen LogP contribution is -2.50. The number of rotatable bonds is 9. The number of benzene rings is 2. The summed E-state index contributed by atoms with van der Waals surface area (Å²) in [5.41, 5.74) is 2.63. The molecule has 2 amide bonds. The van der Waals surface area contributed by atoms with E-state index in [0.717, 1.165) is 11.1 Å². The molecule has 0 saturated heterocycles. The molecule has 0 saturated carbocycles. The van der Waals surface area contributed by atoms with Gasteiger partial charge in [0, 0.05) is 28.7 Å². The number of halogens is 2. The van der Waals surface area contributed by atoms with E-state index in [1.54, 1.807) is 23.1 Å². The molecule has 4 nitrogen and oxygen atoms in total. The lowest BCUT2D eigenvalue weighted by molar-refractivity contribution is -0.141. The monoisotopic (exact) mass is 448 g/mol. The minimum absolute atomic E-state index is 0.133. The molecule has 2 aromatic carbocycles. The summed E-state index contributed by atoms with van der Waals surface area (Å²) in [5.74, 6) is 0.0277. The van der Waals surface area contributed by atoms with Gasteiger partial charge < -0.3 is 10.2 Å². The molecule has 30 heavy (non-hydrogen) atoms. The molecule has 0 aliphatic heterocycles. The van der Waals surface area contributed by atoms with Crippen LogP contribution in [0.25, 0.3) is 0 Å². The van der Waals surface area contributed by atoms with Gasteiger partial charge >= 0.3 is 0 Å². The predicted octanol–water partition coefficient (Wildman–Crippen LogP) is 5.42. The Morgan fingerprint density at radius 1 is 1.03 bits per heavy atom. The van der Waals surface area contributed by atoms with Crippen molar-refractivity contribution in [3.8, 4) is 0 Å². The van der Waals surface area contributed by atoms with Gasteiger partial charge in [0.2, 0.25) is 11.8 Å². The maximum atomic E-state index is 13.4. The van der Waals surface area contributed by atoms with Crippen LogP contribution in [0.3, 0.4) is 0 Å². The van der Waals surface area contributed by atoms with E-state index < -0.39 is 6.04 Å². The van der Waals surface area contributed by atoms with Gasteiger partial charge in [-0.3, -0.25) is 9.59 Å². The second-order valence-electron chi connectivity index (χ2n) is 7.89. The first kappa shape index (κ1) is 24.2. The second kappa shape index (κ2) is 11.4. The average molecular weight is 449 g/mol. The summed E-state index contributed by atoms with van der Waals surface area (Å²) in [4.78, 5) is 27.9. The van der Waals surface area contributed by atoms with E-state index in [2.05, 4.69) is 5.32 Å². The van der Waals surface area contributed by atoms with E-state index in [-0.39, 0.29) is 24.8 Å². The maximum Gasteiger partial charge on any atom is 0.242 e. The standard InChI is InChI=1S/C24H30Cl2N2O2/c1-5-22(24(30)27-14-16(2)3)28(15-19-20(25)11-8-12-21(19)26)23(29)13-18-10-7-6-9-17(18)4/h6-12,16,22H,5,13-15H2,1-4H3,(H,27,30)/t22-/m0/s1. The van der Waals surface area contributed by atoms with Crippen LogP contribution < -0.4 is 5.32 Å². The van der Waals surface area contributed by atoms with Crippen molar-refractivity contribution >= 4 is 35.0 Å². The number of nitrogens with zero attached hydrogens (tertiary/aromatic N) is 1. The van der Waals surface area contributed by atoms with E-state index >= 15 is 0 Å². The molecule has 1 N–H and O–H groups in total. The van der Waals surface area contributed by atoms with Crippen molar-refractivity contribution in [2.45, 2.75) is 53.1 Å². The number of amides is 2. The van der Waals surface area contributed by atoms with Crippen molar-refractivity contribution in [2.24, 2.45) is 5.92 Å². The molecule has 2 rings (SSSR count). The average Bonchev–Trinajstić information content (AvgIpc) is 2.70. The van der Waals surface area contributed by atoms with E-state index in [0.29, 0.717) is 34.5 Å². The summed E-state index contributed by atoms with van der Waals surface area (Å²) in [6.07, 6.45) is 0.703. The summed E-state index contributed by atoms with van der Waals surface area (Å²) in [5, 5.41) is 3.92. The third-order valence-electron chi connectivity index (χ3n) is 5.06. The Balaban J connectivity index is 2.36. The number of carbonyl (C=O) groups is 2. The Morgan fingerprint density at radius 2 is 1.67 bits per heavy atom. The Labute approximate surface area is 189 Å². The highest BCUT2D eigenvalue weighted by Crippen LogP contribution is 2.27. The number of hydrogen-bond acceptors (Lipinski definition) is 2. The van der Waals surface area contributed by atoms with Crippen LogP contribution in [0.1, 0.15) is 43.9 Å². The molecule has 0 unspecified atom stereocenters. The van der Waals surface area contributed by atoms with Gasteiger partial charge in [0.05, 0.1) is 6.42 Å². The summed E-state index contributed by atoms with van der Waals surface area (Å²) >= 11 is 12.7. The quantitative estimate of drug-likeness (QED) is 0.556. The predicted molar refractivity (Wildman–Crippen MR) is 124 cm³/mol. The first-order chi connectivity index (χ1) is 14.2. The van der Waals surface area contributed by atoms with Crippen LogP contribution in [0.5, 0.6) is 0 Å². The Kier molecular flexibility index (Phi) is 9.19. The summed E-state index contributed by atoms with van der Waals surface area (Å²) in [7, 11) is 0. The van der Waals surface area contributed by atoms with E-state index in [9.17, 15) is 9.59 Å². The van der Waals surface area contributed by atoms with Gasteiger partial charge in [-0.05, 0) is 42.5 Å². The SMILES string of the molecule is CC[C@@H](C(=O)NCC(C)C)N(Cc1c(Cl)cccc1Cl)C(=O)Cc1ccccc1C. The molecular formula is C24H30Cl2N2O2. The molecule has 0 aliphatic carbocycles. The van der Waals surface area contributed by atoms with Crippen LogP contribution in [0.15, 0.2) is 42.5 Å². The van der Waals surface area contributed by atoms with Gasteiger partial charge in [-0.1, -0.05) is 74.3 Å². The fourth-order valence-corrected chi connectivity index (χ4v) is 3.79. The molecular weight excluding hydrogens is 419 g/mol. The van der Waals surface area contributed by atoms with E-state index in [1.807, 2.05) is 52.0 Å². The van der Waals surface area contributed by atoms with Gasteiger partial charge in [0.15, 0.2) is 0 Å². The minimum Gasteiger partial charge on any atom is -0.354 e. The fraction of sp³-hybridized carbons (Fsp3) is 0.417. The largest absolute Gasteiger partial charge is 0.354 e. The first-order valence-electron chi connectivity index (χ1n) is 10.3. The zero-order valence-electron chi connectivity index (χ0n) is 18.0. The minimum atomic E-state index is -0.604. The molecule has 6 heteroatoms. The normalized spacial score (nSPS) is 12.0. The second-order valence-corrected chi connectivity index (χ2v) is 8.70. The number of carbonyl (C=O) groups excluding carboxylic acids is 2. The molecule has 0 bridgehead atoms. The molecule has 0 aromatic heterocycles. The van der Waals surface area contributed by atoms with Crippen LogP contribution in [-0.4, -0.2) is 29.3 Å². The zero-order chi connectivity index (χ0) is 22.3. The van der Waals surface area contributed by atoms with Crippen molar-refractivity contribution in [2.75, 3.05) is 6.54 Å². The third kappa shape index (κ3) is 6.48. The van der Waals surface area contributed by atoms with Crippen LogP contribution in [0.2, 0.25) is 10.0 Å². The van der Waals surface area contributed by atoms with Crippen LogP contribution in [0.4, 0.5) is 0 Å². The van der Waals surface area contributed by atoms with Gasteiger partial charge in [-0.15, -0.1) is 0 Å². The number of hydrogen-bond donors (Lipinski definition) is 1. The van der Waals surface area contributed by atoms with Gasteiger partial charge in [0.25, 0.3) is 0 Å². The molecule has 0 spiro atoms. The highest BCUT2D eigenvalue weighted by Gasteiger charge is 2.30. The van der Waals surface area contributed by atoms with Crippen molar-refractivity contribution in [3.05, 3.63) is 69.2 Å². The topological polar surface area (TPSA) is 49.4 Å². The first-order valence-corrected chi connectivity index (χ1v) is 11.0. The zero-order valence-corrected chi connectivity index (χ0v) is 19.6. The lowest BCUT2D eigenvalue weighted by Gasteiger charge is -2.31. The molecule has 0 aliphatic rings. The Hall–Kier alpha value is -2.04. The van der Waals surface area contributed by atoms with Crippen LogP contribution >= 0.6 is 23.2 Å². The summed E-state index contributed by atoms with van der Waals surface area (Å²) in [6.45, 7) is 8.68. The maximum absolute atomic E-state index is 13.4. The molecule has 162 valence electrons. The van der Waals surface area contributed by atoms with Crippen molar-refractivity contribution in [3.63, 3.8) is 0 Å².